The van der Waals surface area contributed by atoms with Gasteiger partial charge in [0.15, 0.2) is 0 Å². The maximum absolute atomic E-state index is 11.7. The normalized spacial score (nSPS) is 11.8. The van der Waals surface area contributed by atoms with Crippen LogP contribution >= 0.6 is 15.9 Å². The lowest BCUT2D eigenvalue weighted by Crippen LogP contribution is -2.12. The number of nitrogens with zero attached hydrogens (tertiary/aromatic N) is 1. The van der Waals surface area contributed by atoms with Crippen molar-refractivity contribution in [1.29, 1.82) is 0 Å². The summed E-state index contributed by atoms with van der Waals surface area (Å²) in [6.07, 6.45) is 1.61. The number of carbonyl (C=O) groups excluding carboxylic acids is 1. The number of hydrogen-bond acceptors (Lipinski definition) is 5. The molecule has 0 spiro atoms. The molecule has 0 N–H and O–H groups in total. The molecule has 0 aliphatic rings. The van der Waals surface area contributed by atoms with E-state index >= 15 is 0 Å². The summed E-state index contributed by atoms with van der Waals surface area (Å²) in [5.74, 6) is 1.03. The van der Waals surface area contributed by atoms with Gasteiger partial charge in [0.2, 0.25) is 0 Å². The van der Waals surface area contributed by atoms with Gasteiger partial charge >= 0.3 is 5.97 Å². The Balaban J connectivity index is 2.14. The quantitative estimate of drug-likeness (QED) is 0.323. The van der Waals surface area contributed by atoms with Crippen molar-refractivity contribution in [1.82, 2.24) is 4.98 Å². The Bertz CT molecular complexity index is 736. The second kappa shape index (κ2) is 10.3. The van der Waals surface area contributed by atoms with Gasteiger partial charge in [-0.2, -0.15) is 0 Å². The van der Waals surface area contributed by atoms with E-state index in [4.69, 9.17) is 14.2 Å². The summed E-state index contributed by atoms with van der Waals surface area (Å²) in [7, 11) is 1.66. The molecule has 0 bridgehead atoms. The lowest BCUT2D eigenvalue weighted by atomic mass is 10.1. The molecule has 2 aromatic rings. The maximum Gasteiger partial charge on any atom is 0.311 e. The minimum Gasteiger partial charge on any atom is -0.484 e. The van der Waals surface area contributed by atoms with Crippen LogP contribution in [0.4, 0.5) is 0 Å². The van der Waals surface area contributed by atoms with E-state index in [9.17, 15) is 4.79 Å². The Morgan fingerprint density at radius 1 is 1.27 bits per heavy atom. The lowest BCUT2D eigenvalue weighted by Gasteiger charge is -2.19. The van der Waals surface area contributed by atoms with Crippen molar-refractivity contribution >= 4 is 21.9 Å². The Hall–Kier alpha value is -1.92. The minimum absolute atomic E-state index is 0.222. The first kappa shape index (κ1) is 20.4. The second-order valence-electron chi connectivity index (χ2n) is 5.92. The fourth-order valence-corrected chi connectivity index (χ4v) is 2.80. The molecule has 2 rings (SSSR count). The van der Waals surface area contributed by atoms with Gasteiger partial charge in [0.25, 0.3) is 0 Å². The monoisotopic (exact) mass is 421 g/mol. The first-order valence-corrected chi connectivity index (χ1v) is 9.42. The molecule has 6 heteroatoms. The highest BCUT2D eigenvalue weighted by Crippen LogP contribution is 2.29. The van der Waals surface area contributed by atoms with E-state index < -0.39 is 0 Å². The summed E-state index contributed by atoms with van der Waals surface area (Å²) < 4.78 is 17.5. The van der Waals surface area contributed by atoms with E-state index in [-0.39, 0.29) is 12.1 Å². The average Bonchev–Trinajstić information content (AvgIpc) is 2.61. The SMILES string of the molecule is CCCC(=O)Oc1ccc(OC(CCOC)c2cccc(Br)n2)cc1C. The molecule has 5 nitrogen and oxygen atoms in total. The van der Waals surface area contributed by atoms with Crippen LogP contribution < -0.4 is 9.47 Å². The zero-order chi connectivity index (χ0) is 18.9. The van der Waals surface area contributed by atoms with E-state index in [0.717, 1.165) is 22.3 Å². The molecule has 0 saturated carbocycles. The third kappa shape index (κ3) is 6.11. The maximum atomic E-state index is 11.7. The predicted molar refractivity (Wildman–Crippen MR) is 104 cm³/mol. The van der Waals surface area contributed by atoms with Crippen molar-refractivity contribution in [3.63, 3.8) is 0 Å². The number of benzene rings is 1. The average molecular weight is 422 g/mol. The third-order valence-electron chi connectivity index (χ3n) is 3.75. The van der Waals surface area contributed by atoms with Gasteiger partial charge in [0.1, 0.15) is 22.2 Å². The van der Waals surface area contributed by atoms with Crippen molar-refractivity contribution < 1.29 is 19.0 Å². The number of pyridine rings is 1. The van der Waals surface area contributed by atoms with Crippen molar-refractivity contribution in [3.05, 3.63) is 52.3 Å². The summed E-state index contributed by atoms with van der Waals surface area (Å²) in [5.41, 5.74) is 1.67. The van der Waals surface area contributed by atoms with Gasteiger partial charge in [0, 0.05) is 20.0 Å². The summed E-state index contributed by atoms with van der Waals surface area (Å²) in [6.45, 7) is 4.40. The topological polar surface area (TPSA) is 57.7 Å². The largest absolute Gasteiger partial charge is 0.484 e. The van der Waals surface area contributed by atoms with Gasteiger partial charge in [-0.25, -0.2) is 4.98 Å². The van der Waals surface area contributed by atoms with Crippen LogP contribution in [-0.2, 0) is 9.53 Å². The van der Waals surface area contributed by atoms with Crippen molar-refractivity contribution in [2.75, 3.05) is 13.7 Å². The molecule has 140 valence electrons. The number of hydrogen-bond donors (Lipinski definition) is 0. The molecule has 0 amide bonds. The van der Waals surface area contributed by atoms with Gasteiger partial charge < -0.3 is 14.2 Å². The molecule has 0 radical (unpaired) electrons. The lowest BCUT2D eigenvalue weighted by molar-refractivity contribution is -0.134. The molecule has 0 fully saturated rings. The Labute approximate surface area is 162 Å². The highest BCUT2D eigenvalue weighted by atomic mass is 79.9. The predicted octanol–water partition coefficient (Wildman–Crippen LogP) is 5.01. The van der Waals surface area contributed by atoms with Crippen LogP contribution in [0, 0.1) is 6.92 Å². The molecular formula is C20H24BrNO4. The van der Waals surface area contributed by atoms with E-state index in [1.807, 2.05) is 38.1 Å². The number of halogens is 1. The van der Waals surface area contributed by atoms with Crippen LogP contribution in [0.1, 0.15) is 43.5 Å². The van der Waals surface area contributed by atoms with Crippen LogP contribution in [0.15, 0.2) is 41.0 Å². The first-order chi connectivity index (χ1) is 12.5. The summed E-state index contributed by atoms with van der Waals surface area (Å²) >= 11 is 3.39. The molecule has 0 saturated heterocycles. The Morgan fingerprint density at radius 3 is 2.73 bits per heavy atom. The molecule has 1 aromatic carbocycles. The molecule has 0 aliphatic heterocycles. The van der Waals surface area contributed by atoms with Gasteiger partial charge in [-0.15, -0.1) is 0 Å². The van der Waals surface area contributed by atoms with Crippen LogP contribution in [0.2, 0.25) is 0 Å². The molecule has 1 aromatic heterocycles. The summed E-state index contributed by atoms with van der Waals surface area (Å²) in [4.78, 5) is 16.2. The number of aryl methyl sites for hydroxylation is 1. The van der Waals surface area contributed by atoms with Gasteiger partial charge in [-0.05, 0) is 65.2 Å². The van der Waals surface area contributed by atoms with Gasteiger partial charge in [-0.1, -0.05) is 13.0 Å². The number of methoxy groups -OCH3 is 1. The molecule has 1 heterocycles. The standard InChI is InChI=1S/C20H24BrNO4/c1-4-6-20(23)26-17-10-9-15(13-14(17)2)25-18(11-12-24-3)16-7-5-8-19(21)22-16/h5,7-10,13,18H,4,6,11-12H2,1-3H3. The van der Waals surface area contributed by atoms with E-state index in [1.165, 1.54) is 0 Å². The number of carbonyl (C=O) groups is 1. The van der Waals surface area contributed by atoms with Gasteiger partial charge in [0.05, 0.1) is 12.3 Å². The second-order valence-corrected chi connectivity index (χ2v) is 6.74. The van der Waals surface area contributed by atoms with E-state index in [1.54, 1.807) is 19.2 Å². The number of aromatic nitrogens is 1. The molecule has 0 aliphatic carbocycles. The minimum atomic E-state index is -0.236. The fourth-order valence-electron chi connectivity index (χ4n) is 2.45. The highest BCUT2D eigenvalue weighted by molar-refractivity contribution is 9.10. The molecule has 26 heavy (non-hydrogen) atoms. The van der Waals surface area contributed by atoms with Crippen molar-refractivity contribution in [2.45, 2.75) is 39.2 Å². The zero-order valence-electron chi connectivity index (χ0n) is 15.3. The zero-order valence-corrected chi connectivity index (χ0v) is 16.9. The van der Waals surface area contributed by atoms with Crippen LogP contribution in [0.3, 0.4) is 0 Å². The molecule has 1 atom stereocenters. The molecule has 1 unspecified atom stereocenters. The Morgan fingerprint density at radius 2 is 2.08 bits per heavy atom. The smallest absolute Gasteiger partial charge is 0.311 e. The van der Waals surface area contributed by atoms with E-state index in [2.05, 4.69) is 20.9 Å². The number of ether oxygens (including phenoxy) is 3. The van der Waals surface area contributed by atoms with E-state index in [0.29, 0.717) is 30.9 Å². The van der Waals surface area contributed by atoms with Gasteiger partial charge in [-0.3, -0.25) is 4.79 Å². The van der Waals surface area contributed by atoms with Crippen LogP contribution in [0.25, 0.3) is 0 Å². The summed E-state index contributed by atoms with van der Waals surface area (Å²) in [6, 6.07) is 11.2. The fraction of sp³-hybridized carbons (Fsp3) is 0.400. The first-order valence-electron chi connectivity index (χ1n) is 8.62. The third-order valence-corrected chi connectivity index (χ3v) is 4.20. The summed E-state index contributed by atoms with van der Waals surface area (Å²) in [5, 5.41) is 0. The molecular weight excluding hydrogens is 398 g/mol. The highest BCUT2D eigenvalue weighted by Gasteiger charge is 2.16. The van der Waals surface area contributed by atoms with Crippen molar-refractivity contribution in [2.24, 2.45) is 0 Å². The van der Waals surface area contributed by atoms with Crippen LogP contribution in [0.5, 0.6) is 11.5 Å². The Kier molecular flexibility index (Phi) is 8.06. The van der Waals surface area contributed by atoms with Crippen molar-refractivity contribution in [3.8, 4) is 11.5 Å². The number of esters is 1. The number of rotatable bonds is 9. The van der Waals surface area contributed by atoms with Crippen LogP contribution in [-0.4, -0.2) is 24.7 Å².